The van der Waals surface area contributed by atoms with Crippen LogP contribution in [0.3, 0.4) is 0 Å². The first kappa shape index (κ1) is 18.2. The normalized spacial score (nSPS) is 14.8. The number of piperidine rings is 1. The average molecular weight is 373 g/mol. The maximum absolute atomic E-state index is 12.8. The molecule has 0 radical (unpaired) electrons. The highest BCUT2D eigenvalue weighted by molar-refractivity contribution is 5.94. The number of rotatable bonds is 4. The summed E-state index contributed by atoms with van der Waals surface area (Å²) in [5.74, 6) is 0.709. The number of hydrogen-bond donors (Lipinski definition) is 1. The van der Waals surface area contributed by atoms with Gasteiger partial charge in [-0.3, -0.25) is 14.6 Å². The molecule has 2 aromatic carbocycles. The molecule has 2 heterocycles. The van der Waals surface area contributed by atoms with Crippen molar-refractivity contribution in [3.05, 3.63) is 88.5 Å². The molecule has 3 aromatic rings. The molecule has 1 aromatic heterocycles. The lowest BCUT2D eigenvalue weighted by molar-refractivity contribution is 0.0690. The second-order valence-corrected chi connectivity index (χ2v) is 7.31. The van der Waals surface area contributed by atoms with Crippen molar-refractivity contribution in [2.45, 2.75) is 19.3 Å². The van der Waals surface area contributed by atoms with E-state index in [1.807, 2.05) is 35.2 Å². The lowest BCUT2D eigenvalue weighted by Crippen LogP contribution is -2.38. The topological polar surface area (TPSA) is 66.1 Å². The van der Waals surface area contributed by atoms with Crippen LogP contribution in [0.15, 0.2) is 71.8 Å². The Kier molecular flexibility index (Phi) is 5.33. The fourth-order valence-electron chi connectivity index (χ4n) is 3.79. The lowest BCUT2D eigenvalue weighted by Gasteiger charge is -2.32. The Morgan fingerprint density at radius 1 is 1.00 bits per heavy atom. The van der Waals surface area contributed by atoms with Gasteiger partial charge in [-0.15, -0.1) is 0 Å². The van der Waals surface area contributed by atoms with E-state index in [1.165, 1.54) is 11.8 Å². The van der Waals surface area contributed by atoms with Crippen molar-refractivity contribution in [1.29, 1.82) is 0 Å². The Hall–Kier alpha value is -3.21. The summed E-state index contributed by atoms with van der Waals surface area (Å²) < 4.78 is 0. The highest BCUT2D eigenvalue weighted by atomic mass is 16.2. The smallest absolute Gasteiger partial charge is 0.266 e. The highest BCUT2D eigenvalue weighted by Gasteiger charge is 2.23. The molecule has 0 atom stereocenters. The van der Waals surface area contributed by atoms with E-state index in [9.17, 15) is 9.59 Å². The van der Waals surface area contributed by atoms with E-state index in [0.29, 0.717) is 17.2 Å². The molecule has 1 fully saturated rings. The SMILES string of the molecule is O=C(c1ccc(-c2cncc(=O)[nH]2)cc1)N1CCC(Cc2ccccc2)CC1. The van der Waals surface area contributed by atoms with E-state index < -0.39 is 0 Å². The van der Waals surface area contributed by atoms with Crippen LogP contribution in [0.2, 0.25) is 0 Å². The second-order valence-electron chi connectivity index (χ2n) is 7.31. The van der Waals surface area contributed by atoms with Gasteiger partial charge >= 0.3 is 0 Å². The molecule has 4 rings (SSSR count). The number of aromatic amines is 1. The Morgan fingerprint density at radius 3 is 2.39 bits per heavy atom. The van der Waals surface area contributed by atoms with Gasteiger partial charge < -0.3 is 9.88 Å². The van der Waals surface area contributed by atoms with Gasteiger partial charge in [0.1, 0.15) is 0 Å². The molecule has 1 amide bonds. The lowest BCUT2D eigenvalue weighted by atomic mass is 9.90. The third-order valence-electron chi connectivity index (χ3n) is 5.37. The summed E-state index contributed by atoms with van der Waals surface area (Å²) in [5, 5.41) is 0. The Labute approximate surface area is 164 Å². The van der Waals surface area contributed by atoms with Crippen LogP contribution in [-0.4, -0.2) is 33.9 Å². The fraction of sp³-hybridized carbons (Fsp3) is 0.261. The third-order valence-corrected chi connectivity index (χ3v) is 5.37. The van der Waals surface area contributed by atoms with Crippen LogP contribution in [-0.2, 0) is 6.42 Å². The van der Waals surface area contributed by atoms with Gasteiger partial charge in [-0.1, -0.05) is 42.5 Å². The summed E-state index contributed by atoms with van der Waals surface area (Å²) in [4.78, 5) is 32.8. The minimum Gasteiger partial charge on any atom is -0.339 e. The fourth-order valence-corrected chi connectivity index (χ4v) is 3.79. The summed E-state index contributed by atoms with van der Waals surface area (Å²) in [7, 11) is 0. The van der Waals surface area contributed by atoms with Crippen molar-refractivity contribution in [1.82, 2.24) is 14.9 Å². The zero-order valence-corrected chi connectivity index (χ0v) is 15.7. The first-order valence-corrected chi connectivity index (χ1v) is 9.67. The quantitative estimate of drug-likeness (QED) is 0.761. The van der Waals surface area contributed by atoms with Crippen LogP contribution in [0.4, 0.5) is 0 Å². The number of carbonyl (C=O) groups excluding carboxylic acids is 1. The predicted molar refractivity (Wildman–Crippen MR) is 109 cm³/mol. The number of nitrogens with zero attached hydrogens (tertiary/aromatic N) is 2. The summed E-state index contributed by atoms with van der Waals surface area (Å²) >= 11 is 0. The van der Waals surface area contributed by atoms with Crippen molar-refractivity contribution < 1.29 is 4.79 Å². The standard InChI is InChI=1S/C23H23N3O2/c27-22-16-24-15-21(25-22)19-6-8-20(9-7-19)23(28)26-12-10-18(11-13-26)14-17-4-2-1-3-5-17/h1-9,15-16,18H,10-14H2,(H,25,27). The number of benzene rings is 2. The van der Waals surface area contributed by atoms with E-state index in [4.69, 9.17) is 0 Å². The number of hydrogen-bond acceptors (Lipinski definition) is 3. The number of likely N-dealkylation sites (tertiary alicyclic amines) is 1. The van der Waals surface area contributed by atoms with Crippen LogP contribution in [0.5, 0.6) is 0 Å². The van der Waals surface area contributed by atoms with Crippen molar-refractivity contribution >= 4 is 5.91 Å². The molecule has 142 valence electrons. The molecular formula is C23H23N3O2. The molecule has 1 N–H and O–H groups in total. The molecule has 1 aliphatic heterocycles. The molecule has 28 heavy (non-hydrogen) atoms. The number of nitrogens with one attached hydrogen (secondary N) is 1. The highest BCUT2D eigenvalue weighted by Crippen LogP contribution is 2.23. The van der Waals surface area contributed by atoms with Gasteiger partial charge in [-0.25, -0.2) is 0 Å². The molecule has 1 aliphatic rings. The van der Waals surface area contributed by atoms with Gasteiger partial charge in [0.05, 0.1) is 18.1 Å². The van der Waals surface area contributed by atoms with Crippen LogP contribution in [0.1, 0.15) is 28.8 Å². The van der Waals surface area contributed by atoms with Crippen LogP contribution >= 0.6 is 0 Å². The Morgan fingerprint density at radius 2 is 1.71 bits per heavy atom. The van der Waals surface area contributed by atoms with Gasteiger partial charge in [-0.2, -0.15) is 0 Å². The van der Waals surface area contributed by atoms with Gasteiger partial charge in [0.25, 0.3) is 11.5 Å². The molecule has 0 aliphatic carbocycles. The first-order valence-electron chi connectivity index (χ1n) is 9.67. The molecule has 1 saturated heterocycles. The third kappa shape index (κ3) is 4.19. The minimum absolute atomic E-state index is 0.0735. The van der Waals surface area contributed by atoms with E-state index in [0.717, 1.165) is 37.9 Å². The molecule has 0 unspecified atom stereocenters. The van der Waals surface area contributed by atoms with Gasteiger partial charge in [0.15, 0.2) is 0 Å². The van der Waals surface area contributed by atoms with Gasteiger partial charge in [0.2, 0.25) is 0 Å². The number of carbonyl (C=O) groups is 1. The molecular weight excluding hydrogens is 350 g/mol. The maximum Gasteiger partial charge on any atom is 0.266 e. The maximum atomic E-state index is 12.8. The number of amides is 1. The van der Waals surface area contributed by atoms with Gasteiger partial charge in [-0.05, 0) is 48.4 Å². The zero-order chi connectivity index (χ0) is 19.3. The van der Waals surface area contributed by atoms with E-state index in [1.54, 1.807) is 6.20 Å². The van der Waals surface area contributed by atoms with E-state index in [-0.39, 0.29) is 11.5 Å². The summed E-state index contributed by atoms with van der Waals surface area (Å²) in [5.41, 5.74) is 3.29. The van der Waals surface area contributed by atoms with Crippen LogP contribution in [0, 0.1) is 5.92 Å². The summed E-state index contributed by atoms with van der Waals surface area (Å²) in [6.45, 7) is 1.60. The van der Waals surface area contributed by atoms with Crippen molar-refractivity contribution in [3.63, 3.8) is 0 Å². The Balaban J connectivity index is 1.37. The molecule has 5 nitrogen and oxygen atoms in total. The molecule has 5 heteroatoms. The summed E-state index contributed by atoms with van der Waals surface area (Å²) in [6.07, 6.45) is 6.00. The molecule has 0 spiro atoms. The number of H-pyrrole nitrogens is 1. The van der Waals surface area contributed by atoms with E-state index >= 15 is 0 Å². The van der Waals surface area contributed by atoms with Crippen LogP contribution < -0.4 is 5.56 Å². The number of aromatic nitrogens is 2. The molecule has 0 saturated carbocycles. The average Bonchev–Trinajstić information content (AvgIpc) is 2.75. The monoisotopic (exact) mass is 373 g/mol. The second kappa shape index (κ2) is 8.21. The molecule has 0 bridgehead atoms. The summed E-state index contributed by atoms with van der Waals surface area (Å²) in [6, 6.07) is 17.9. The largest absolute Gasteiger partial charge is 0.339 e. The minimum atomic E-state index is -0.240. The van der Waals surface area contributed by atoms with Crippen molar-refractivity contribution in [2.24, 2.45) is 5.92 Å². The van der Waals surface area contributed by atoms with Crippen molar-refractivity contribution in [3.8, 4) is 11.3 Å². The predicted octanol–water partition coefficient (Wildman–Crippen LogP) is 3.53. The van der Waals surface area contributed by atoms with Crippen molar-refractivity contribution in [2.75, 3.05) is 13.1 Å². The Bertz CT molecular complexity index is 988. The van der Waals surface area contributed by atoms with Gasteiger partial charge in [0, 0.05) is 18.7 Å². The van der Waals surface area contributed by atoms with E-state index in [2.05, 4.69) is 34.2 Å². The van der Waals surface area contributed by atoms with Crippen LogP contribution in [0.25, 0.3) is 11.3 Å². The zero-order valence-electron chi connectivity index (χ0n) is 15.7. The first-order chi connectivity index (χ1) is 13.7.